The first-order chi connectivity index (χ1) is 14.3. The third-order valence-electron chi connectivity index (χ3n) is 6.57. The van der Waals surface area contributed by atoms with Gasteiger partial charge in [-0.15, -0.1) is 0 Å². The molecule has 3 aliphatic rings. The number of Topliss-reactive ketones (excluding diaryl/α,β-unsaturated/α-hetero) is 1. The van der Waals surface area contributed by atoms with Gasteiger partial charge in [0.05, 0.1) is 12.6 Å². The van der Waals surface area contributed by atoms with Crippen LogP contribution in [0.1, 0.15) is 65.7 Å². The van der Waals surface area contributed by atoms with Gasteiger partial charge in [0.2, 0.25) is 5.78 Å². The van der Waals surface area contributed by atoms with Crippen LogP contribution in [0.15, 0.2) is 0 Å². The lowest BCUT2D eigenvalue weighted by molar-refractivity contribution is -0.146. The maximum Gasteiger partial charge on any atom is 0.325 e. The van der Waals surface area contributed by atoms with Gasteiger partial charge in [-0.05, 0) is 43.9 Å². The molecule has 1 N–H and O–H groups in total. The van der Waals surface area contributed by atoms with E-state index in [1.165, 1.54) is 4.90 Å². The molecule has 30 heavy (non-hydrogen) atoms. The number of likely N-dealkylation sites (tertiary alicyclic amines) is 1. The highest BCUT2D eigenvalue weighted by Crippen LogP contribution is 2.37. The quantitative estimate of drug-likeness (QED) is 0.478. The monoisotopic (exact) mass is 421 g/mol. The Labute approximate surface area is 178 Å². The number of hydrogen-bond donors (Lipinski definition) is 1. The van der Waals surface area contributed by atoms with Gasteiger partial charge in [-0.25, -0.2) is 4.79 Å². The van der Waals surface area contributed by atoms with E-state index in [0.29, 0.717) is 45.5 Å². The first kappa shape index (κ1) is 22.7. The average molecular weight is 422 g/mol. The highest BCUT2D eigenvalue weighted by molar-refractivity contribution is 6.36. The maximum atomic E-state index is 13.4. The molecule has 0 aromatic rings. The number of imide groups is 1. The van der Waals surface area contributed by atoms with Crippen LogP contribution < -0.4 is 5.32 Å². The van der Waals surface area contributed by atoms with Crippen molar-refractivity contribution in [3.05, 3.63) is 0 Å². The highest BCUT2D eigenvalue weighted by Gasteiger charge is 2.55. The van der Waals surface area contributed by atoms with Crippen molar-refractivity contribution in [1.82, 2.24) is 15.1 Å². The SMILES string of the molecule is CCC[C@]1(C2CCN(C(=O)C(=O)CC(C)C)CC2)NC(=O)N(C[C@H]2CCCO2)C1=O. The summed E-state index contributed by atoms with van der Waals surface area (Å²) in [6, 6.07) is -0.338. The van der Waals surface area contributed by atoms with E-state index in [0.717, 1.165) is 19.3 Å². The number of ether oxygens (including phenoxy) is 1. The molecule has 4 amide bonds. The number of ketones is 1. The summed E-state index contributed by atoms with van der Waals surface area (Å²) in [4.78, 5) is 53.6. The number of nitrogens with one attached hydrogen (secondary N) is 1. The van der Waals surface area contributed by atoms with Crippen molar-refractivity contribution in [2.75, 3.05) is 26.2 Å². The van der Waals surface area contributed by atoms with Gasteiger partial charge >= 0.3 is 6.03 Å². The van der Waals surface area contributed by atoms with Crippen molar-refractivity contribution in [3.63, 3.8) is 0 Å². The zero-order valence-electron chi connectivity index (χ0n) is 18.4. The summed E-state index contributed by atoms with van der Waals surface area (Å²) in [7, 11) is 0. The fourth-order valence-electron chi connectivity index (χ4n) is 5.06. The number of carbonyl (C=O) groups excluding carboxylic acids is 4. The van der Waals surface area contributed by atoms with Crippen LogP contribution in [0.2, 0.25) is 0 Å². The van der Waals surface area contributed by atoms with Crippen molar-refractivity contribution < 1.29 is 23.9 Å². The molecular weight excluding hydrogens is 386 g/mol. The predicted molar refractivity (Wildman–Crippen MR) is 111 cm³/mol. The summed E-state index contributed by atoms with van der Waals surface area (Å²) in [5.41, 5.74) is -0.915. The van der Waals surface area contributed by atoms with Gasteiger partial charge in [-0.1, -0.05) is 27.2 Å². The second kappa shape index (κ2) is 9.45. The Balaban J connectivity index is 1.66. The fraction of sp³-hybridized carbons (Fsp3) is 0.818. The second-order valence-electron chi connectivity index (χ2n) is 9.29. The fourth-order valence-corrected chi connectivity index (χ4v) is 5.06. The minimum Gasteiger partial charge on any atom is -0.376 e. The molecule has 0 aliphatic carbocycles. The third kappa shape index (κ3) is 4.53. The number of amides is 4. The summed E-state index contributed by atoms with van der Waals surface area (Å²) in [5, 5.41) is 3.02. The van der Waals surface area contributed by atoms with Gasteiger partial charge in [-0.3, -0.25) is 19.3 Å². The number of carbonyl (C=O) groups is 4. The largest absolute Gasteiger partial charge is 0.376 e. The molecule has 0 aromatic heterocycles. The second-order valence-corrected chi connectivity index (χ2v) is 9.29. The molecular formula is C22H35N3O5. The summed E-state index contributed by atoms with van der Waals surface area (Å²) < 4.78 is 5.63. The third-order valence-corrected chi connectivity index (χ3v) is 6.57. The van der Waals surface area contributed by atoms with Crippen molar-refractivity contribution in [3.8, 4) is 0 Å². The Bertz CT molecular complexity index is 680. The smallest absolute Gasteiger partial charge is 0.325 e. The van der Waals surface area contributed by atoms with Crippen LogP contribution in [0.5, 0.6) is 0 Å². The zero-order valence-corrected chi connectivity index (χ0v) is 18.4. The lowest BCUT2D eigenvalue weighted by Gasteiger charge is -2.40. The van der Waals surface area contributed by atoms with Crippen LogP contribution in [0.3, 0.4) is 0 Å². The number of hydrogen-bond acceptors (Lipinski definition) is 5. The highest BCUT2D eigenvalue weighted by atomic mass is 16.5. The topological polar surface area (TPSA) is 96.0 Å². The van der Waals surface area contributed by atoms with Crippen LogP contribution in [0, 0.1) is 11.8 Å². The summed E-state index contributed by atoms with van der Waals surface area (Å²) in [6.45, 7) is 7.70. The normalized spacial score (nSPS) is 27.8. The van der Waals surface area contributed by atoms with Crippen molar-refractivity contribution in [2.45, 2.75) is 77.4 Å². The van der Waals surface area contributed by atoms with Crippen molar-refractivity contribution in [2.24, 2.45) is 11.8 Å². The molecule has 0 saturated carbocycles. The lowest BCUT2D eigenvalue weighted by atomic mass is 9.74. The van der Waals surface area contributed by atoms with Gasteiger partial charge in [0, 0.05) is 26.1 Å². The molecule has 3 saturated heterocycles. The number of urea groups is 1. The zero-order chi connectivity index (χ0) is 21.9. The molecule has 2 atom stereocenters. The Morgan fingerprint density at radius 1 is 1.20 bits per heavy atom. The first-order valence-corrected chi connectivity index (χ1v) is 11.4. The van der Waals surface area contributed by atoms with E-state index in [-0.39, 0.29) is 42.1 Å². The van der Waals surface area contributed by atoms with Crippen molar-refractivity contribution in [1.29, 1.82) is 0 Å². The first-order valence-electron chi connectivity index (χ1n) is 11.4. The minimum absolute atomic E-state index is 0.0485. The van der Waals surface area contributed by atoms with Crippen LogP contribution >= 0.6 is 0 Å². The molecule has 0 spiro atoms. The maximum absolute atomic E-state index is 13.4. The van der Waals surface area contributed by atoms with E-state index < -0.39 is 11.4 Å². The number of piperidine rings is 1. The lowest BCUT2D eigenvalue weighted by Crippen LogP contribution is -2.57. The average Bonchev–Trinajstić information content (AvgIpc) is 3.30. The molecule has 0 aromatic carbocycles. The molecule has 3 heterocycles. The van der Waals surface area contributed by atoms with E-state index in [4.69, 9.17) is 4.74 Å². The van der Waals surface area contributed by atoms with Gasteiger partial charge in [0.15, 0.2) is 0 Å². The standard InChI is InChI=1S/C22H35N3O5/c1-4-9-22(20(28)25(21(29)23-22)14-17-6-5-12-30-17)16-7-10-24(11-8-16)19(27)18(26)13-15(2)3/h15-17H,4-14H2,1-3H3,(H,23,29)/t17-,22-/m1/s1. The van der Waals surface area contributed by atoms with E-state index in [9.17, 15) is 19.2 Å². The van der Waals surface area contributed by atoms with E-state index >= 15 is 0 Å². The van der Waals surface area contributed by atoms with Crippen LogP contribution in [0.25, 0.3) is 0 Å². The molecule has 3 aliphatic heterocycles. The summed E-state index contributed by atoms with van der Waals surface area (Å²) in [5.74, 6) is -0.834. The Kier molecular flexibility index (Phi) is 7.16. The molecule has 168 valence electrons. The Hall–Kier alpha value is -1.96. The van der Waals surface area contributed by atoms with Crippen LogP contribution in [-0.2, 0) is 19.1 Å². The molecule has 3 rings (SSSR count). The minimum atomic E-state index is -0.915. The molecule has 0 bridgehead atoms. The molecule has 0 radical (unpaired) electrons. The van der Waals surface area contributed by atoms with Gasteiger partial charge in [-0.2, -0.15) is 0 Å². The Morgan fingerprint density at radius 3 is 2.47 bits per heavy atom. The van der Waals surface area contributed by atoms with E-state index in [1.54, 1.807) is 4.90 Å². The van der Waals surface area contributed by atoms with E-state index in [1.807, 2.05) is 20.8 Å². The van der Waals surface area contributed by atoms with Crippen molar-refractivity contribution >= 4 is 23.6 Å². The Morgan fingerprint density at radius 2 is 1.90 bits per heavy atom. The summed E-state index contributed by atoms with van der Waals surface area (Å²) >= 11 is 0. The predicted octanol–water partition coefficient (Wildman–Crippen LogP) is 2.11. The molecule has 8 heteroatoms. The molecule has 3 fully saturated rings. The van der Waals surface area contributed by atoms with Gasteiger partial charge in [0.1, 0.15) is 5.54 Å². The van der Waals surface area contributed by atoms with E-state index in [2.05, 4.69) is 5.32 Å². The van der Waals surface area contributed by atoms with Gasteiger partial charge < -0.3 is 15.0 Å². The molecule has 8 nitrogen and oxygen atoms in total. The van der Waals surface area contributed by atoms with Gasteiger partial charge in [0.25, 0.3) is 11.8 Å². The molecule has 0 unspecified atom stereocenters. The summed E-state index contributed by atoms with van der Waals surface area (Å²) in [6.07, 6.45) is 4.53. The number of rotatable bonds is 8. The van der Waals surface area contributed by atoms with Crippen LogP contribution in [0.4, 0.5) is 4.79 Å². The number of nitrogens with zero attached hydrogens (tertiary/aromatic N) is 2. The van der Waals surface area contributed by atoms with Crippen LogP contribution in [-0.4, -0.2) is 71.3 Å².